The van der Waals surface area contributed by atoms with Crippen molar-refractivity contribution >= 4 is 67.9 Å². The lowest BCUT2D eigenvalue weighted by atomic mass is 10.4. The van der Waals surface area contributed by atoms with Crippen molar-refractivity contribution in [3.05, 3.63) is 44.5 Å². The molecule has 4 heterocycles. The van der Waals surface area contributed by atoms with Crippen LogP contribution in [0, 0.1) is 3.70 Å². The van der Waals surface area contributed by atoms with Gasteiger partial charge in [0, 0.05) is 5.39 Å². The third kappa shape index (κ3) is 3.25. The third-order valence-corrected chi connectivity index (χ3v) is 3.85. The molecule has 6 nitrogen and oxygen atoms in total. The summed E-state index contributed by atoms with van der Waals surface area (Å²) in [5.74, 6) is 0. The van der Waals surface area contributed by atoms with Gasteiger partial charge in [0.2, 0.25) is 0 Å². The van der Waals surface area contributed by atoms with Gasteiger partial charge in [-0.25, -0.2) is 9.97 Å². The Morgan fingerprint density at radius 1 is 0.952 bits per heavy atom. The van der Waals surface area contributed by atoms with Crippen molar-refractivity contribution in [1.82, 2.24) is 30.4 Å². The maximum Gasteiger partial charge on any atom is 0.183 e. The lowest BCUT2D eigenvalue weighted by molar-refractivity contribution is 1.08. The van der Waals surface area contributed by atoms with E-state index in [0.29, 0.717) is 16.0 Å². The summed E-state index contributed by atoms with van der Waals surface area (Å²) < 4.78 is 0.988. The zero-order valence-electron chi connectivity index (χ0n) is 10.3. The summed E-state index contributed by atoms with van der Waals surface area (Å²) in [6, 6.07) is 7.26. The van der Waals surface area contributed by atoms with E-state index in [1.807, 2.05) is 12.1 Å². The molecule has 0 radical (unpaired) electrons. The molecule has 4 rings (SSSR count). The first kappa shape index (κ1) is 14.5. The lowest BCUT2D eigenvalue weighted by Gasteiger charge is -1.87. The highest BCUT2D eigenvalue weighted by Crippen LogP contribution is 2.17. The second-order valence-corrected chi connectivity index (χ2v) is 5.84. The van der Waals surface area contributed by atoms with E-state index in [2.05, 4.69) is 53.0 Å². The summed E-state index contributed by atoms with van der Waals surface area (Å²) in [5, 5.41) is 16.2. The van der Waals surface area contributed by atoms with Crippen molar-refractivity contribution in [2.75, 3.05) is 0 Å². The summed E-state index contributed by atoms with van der Waals surface area (Å²) in [6.07, 6.45) is 1.71. The Balaban J connectivity index is 0.000000126. The minimum Gasteiger partial charge on any atom is -0.269 e. The first-order chi connectivity index (χ1) is 10.1. The Kier molecular flexibility index (Phi) is 4.22. The van der Waals surface area contributed by atoms with E-state index in [-0.39, 0.29) is 0 Å². The van der Waals surface area contributed by atoms with E-state index >= 15 is 0 Å². The van der Waals surface area contributed by atoms with Gasteiger partial charge in [-0.05, 0) is 46.9 Å². The molecule has 0 aliphatic rings. The molecule has 0 fully saturated rings. The average molecular weight is 433 g/mol. The molecule has 0 atom stereocenters. The van der Waals surface area contributed by atoms with Crippen LogP contribution in [0.5, 0.6) is 0 Å². The molecule has 21 heavy (non-hydrogen) atoms. The van der Waals surface area contributed by atoms with E-state index < -0.39 is 0 Å². The smallest absolute Gasteiger partial charge is 0.183 e. The number of aromatic amines is 2. The molecule has 2 N–H and O–H groups in total. The number of nitrogens with one attached hydrogen (secondary N) is 2. The summed E-state index contributed by atoms with van der Waals surface area (Å²) in [4.78, 5) is 8.00. The molecule has 0 amide bonds. The zero-order chi connectivity index (χ0) is 14.8. The van der Waals surface area contributed by atoms with Crippen LogP contribution in [0.25, 0.3) is 22.1 Å². The van der Waals surface area contributed by atoms with Crippen LogP contribution >= 0.6 is 45.8 Å². The first-order valence-corrected chi connectivity index (χ1v) is 7.59. The quantitative estimate of drug-likeness (QED) is 0.326. The van der Waals surface area contributed by atoms with E-state index in [1.165, 1.54) is 0 Å². The average Bonchev–Trinajstić information content (AvgIpc) is 3.06. The predicted octanol–water partition coefficient (Wildman–Crippen LogP) is 3.83. The number of hydrogen-bond acceptors (Lipinski definition) is 4. The summed E-state index contributed by atoms with van der Waals surface area (Å²) in [5.41, 5.74) is 1.40. The second kappa shape index (κ2) is 6.12. The maximum atomic E-state index is 5.66. The molecule has 106 valence electrons. The summed E-state index contributed by atoms with van der Waals surface area (Å²) in [6.45, 7) is 0. The van der Waals surface area contributed by atoms with E-state index in [9.17, 15) is 0 Å². The molecule has 4 aromatic heterocycles. The second-order valence-electron chi connectivity index (χ2n) is 3.98. The molecule has 0 saturated carbocycles. The highest BCUT2D eigenvalue weighted by molar-refractivity contribution is 14.1. The number of H-pyrrole nitrogens is 2. The fourth-order valence-corrected chi connectivity index (χ4v) is 2.48. The summed E-state index contributed by atoms with van der Waals surface area (Å²) in [7, 11) is 0. The Labute approximate surface area is 142 Å². The largest absolute Gasteiger partial charge is 0.269 e. The van der Waals surface area contributed by atoms with Crippen LogP contribution in [-0.2, 0) is 0 Å². The Morgan fingerprint density at radius 2 is 1.71 bits per heavy atom. The van der Waals surface area contributed by atoms with Crippen LogP contribution in [0.1, 0.15) is 0 Å². The fourth-order valence-electron chi connectivity index (χ4n) is 1.65. The van der Waals surface area contributed by atoms with Gasteiger partial charge in [0.1, 0.15) is 14.0 Å². The van der Waals surface area contributed by atoms with Gasteiger partial charge in [0.05, 0.1) is 11.6 Å². The molecule has 0 bridgehead atoms. The van der Waals surface area contributed by atoms with Crippen LogP contribution in [0.2, 0.25) is 10.3 Å². The van der Waals surface area contributed by atoms with Crippen LogP contribution in [0.4, 0.5) is 0 Å². The van der Waals surface area contributed by atoms with E-state index in [4.69, 9.17) is 23.2 Å². The number of aromatic nitrogens is 6. The Morgan fingerprint density at radius 3 is 2.57 bits per heavy atom. The van der Waals surface area contributed by atoms with Gasteiger partial charge in [-0.2, -0.15) is 10.2 Å². The maximum absolute atomic E-state index is 5.66. The SMILES string of the molecule is Clc1ccc2c(I)[nH]nc2n1.Clc1ccc2cn[nH]c2n1. The molecule has 0 unspecified atom stereocenters. The monoisotopic (exact) mass is 432 g/mol. The van der Waals surface area contributed by atoms with Gasteiger partial charge >= 0.3 is 0 Å². The van der Waals surface area contributed by atoms with Gasteiger partial charge < -0.3 is 0 Å². The molecule has 9 heteroatoms. The zero-order valence-corrected chi connectivity index (χ0v) is 14.0. The van der Waals surface area contributed by atoms with Gasteiger partial charge in [-0.15, -0.1) is 0 Å². The molecular weight excluding hydrogens is 426 g/mol. The number of halogens is 3. The van der Waals surface area contributed by atoms with E-state index in [1.54, 1.807) is 18.3 Å². The molecule has 0 saturated heterocycles. The highest BCUT2D eigenvalue weighted by atomic mass is 127. The van der Waals surface area contributed by atoms with Crippen LogP contribution in [-0.4, -0.2) is 30.4 Å². The number of nitrogens with zero attached hydrogens (tertiary/aromatic N) is 4. The van der Waals surface area contributed by atoms with Crippen molar-refractivity contribution in [1.29, 1.82) is 0 Å². The van der Waals surface area contributed by atoms with Crippen LogP contribution in [0.3, 0.4) is 0 Å². The topological polar surface area (TPSA) is 83.1 Å². The predicted molar refractivity (Wildman–Crippen MR) is 90.5 cm³/mol. The van der Waals surface area contributed by atoms with Crippen molar-refractivity contribution in [3.8, 4) is 0 Å². The summed E-state index contributed by atoms with van der Waals surface area (Å²) >= 11 is 13.4. The number of pyridine rings is 2. The molecule has 4 aromatic rings. The molecule has 0 spiro atoms. The minimum atomic E-state index is 0.473. The molecule has 0 aromatic carbocycles. The first-order valence-electron chi connectivity index (χ1n) is 5.75. The Bertz CT molecular complexity index is 903. The number of rotatable bonds is 0. The third-order valence-electron chi connectivity index (χ3n) is 2.60. The standard InChI is InChI=1S/C6H3ClIN3.C6H4ClN3/c7-4-2-1-3-5(8)10-11-6(3)9-4;7-5-2-1-4-3-8-10-6(4)9-5/h1-2H,(H,9,10,11);1-3H,(H,8,9,10). The van der Waals surface area contributed by atoms with Gasteiger partial charge in [-0.1, -0.05) is 23.2 Å². The van der Waals surface area contributed by atoms with Crippen LogP contribution < -0.4 is 0 Å². The number of fused-ring (bicyclic) bond motifs is 2. The van der Waals surface area contributed by atoms with Gasteiger partial charge in [0.25, 0.3) is 0 Å². The van der Waals surface area contributed by atoms with E-state index in [0.717, 1.165) is 20.1 Å². The van der Waals surface area contributed by atoms with Gasteiger partial charge in [-0.3, -0.25) is 10.2 Å². The molecule has 0 aliphatic heterocycles. The molecular formula is C12H7Cl2IN6. The normalized spacial score (nSPS) is 10.6. The van der Waals surface area contributed by atoms with Crippen molar-refractivity contribution in [3.63, 3.8) is 0 Å². The van der Waals surface area contributed by atoms with Crippen molar-refractivity contribution < 1.29 is 0 Å². The fraction of sp³-hybridized carbons (Fsp3) is 0. The lowest BCUT2D eigenvalue weighted by Crippen LogP contribution is -1.75. The minimum absolute atomic E-state index is 0.473. The van der Waals surface area contributed by atoms with Crippen LogP contribution in [0.15, 0.2) is 30.5 Å². The number of hydrogen-bond donors (Lipinski definition) is 2. The van der Waals surface area contributed by atoms with Gasteiger partial charge in [0.15, 0.2) is 11.3 Å². The van der Waals surface area contributed by atoms with Crippen molar-refractivity contribution in [2.24, 2.45) is 0 Å². The molecule has 0 aliphatic carbocycles. The van der Waals surface area contributed by atoms with Crippen molar-refractivity contribution in [2.45, 2.75) is 0 Å². The highest BCUT2D eigenvalue weighted by Gasteiger charge is 2.02. The Hall–Kier alpha value is -1.45.